The van der Waals surface area contributed by atoms with E-state index in [0.29, 0.717) is 6.07 Å². The lowest BCUT2D eigenvalue weighted by Gasteiger charge is -2.16. The second kappa shape index (κ2) is 5.75. The second-order valence-electron chi connectivity index (χ2n) is 4.44. The lowest BCUT2D eigenvalue weighted by molar-refractivity contribution is -0.118. The first kappa shape index (κ1) is 15.0. The number of hydrogen-bond acceptors (Lipinski definition) is 3. The van der Waals surface area contributed by atoms with Gasteiger partial charge in [-0.15, -0.1) is 0 Å². The van der Waals surface area contributed by atoms with Crippen LogP contribution in [0, 0.1) is 17.6 Å². The van der Waals surface area contributed by atoms with Crippen molar-refractivity contribution in [3.05, 3.63) is 29.3 Å². The van der Waals surface area contributed by atoms with Crippen LogP contribution >= 0.6 is 0 Å². The number of primary amides is 1. The molecule has 0 heterocycles. The highest BCUT2D eigenvalue weighted by Gasteiger charge is 2.20. The summed E-state index contributed by atoms with van der Waals surface area (Å²) < 4.78 is 26.7. The summed E-state index contributed by atoms with van der Waals surface area (Å²) in [5.41, 5.74) is 9.68. The maximum Gasteiger partial charge on any atom is 0.251 e. The minimum atomic E-state index is -1.09. The van der Waals surface area contributed by atoms with Crippen LogP contribution in [0.1, 0.15) is 24.2 Å². The Morgan fingerprint density at radius 2 is 1.79 bits per heavy atom. The van der Waals surface area contributed by atoms with E-state index in [4.69, 9.17) is 11.5 Å². The molecule has 0 aromatic heterocycles. The minimum absolute atomic E-state index is 0.154. The van der Waals surface area contributed by atoms with Gasteiger partial charge < -0.3 is 16.8 Å². The quantitative estimate of drug-likeness (QED) is 0.761. The topological polar surface area (TPSA) is 98.2 Å². The molecule has 0 bridgehead atoms. The summed E-state index contributed by atoms with van der Waals surface area (Å²) in [6.45, 7) is 3.44. The molecule has 0 aliphatic heterocycles. The van der Waals surface area contributed by atoms with E-state index in [-0.39, 0.29) is 11.6 Å². The third kappa shape index (κ3) is 3.47. The van der Waals surface area contributed by atoms with Crippen molar-refractivity contribution >= 4 is 17.5 Å². The number of benzene rings is 1. The average Bonchev–Trinajstić information content (AvgIpc) is 2.30. The summed E-state index contributed by atoms with van der Waals surface area (Å²) in [6.07, 6.45) is 0. The molecule has 5 N–H and O–H groups in total. The molecular formula is C12H15F2N3O2. The summed E-state index contributed by atoms with van der Waals surface area (Å²) in [6, 6.07) is 0.482. The van der Waals surface area contributed by atoms with Gasteiger partial charge in [0.15, 0.2) is 0 Å². The predicted octanol–water partition coefficient (Wildman–Crippen LogP) is 0.985. The smallest absolute Gasteiger partial charge is 0.251 e. The third-order valence-corrected chi connectivity index (χ3v) is 2.60. The van der Waals surface area contributed by atoms with E-state index in [1.165, 1.54) is 0 Å². The first-order chi connectivity index (χ1) is 8.73. The molecule has 0 saturated carbocycles. The Bertz CT molecular complexity index is 518. The molecule has 2 amide bonds. The standard InChI is InChI=1S/C12H15F2N3O2/c1-5(2)10(15)12(19)17-9-3-6(11(16)18)7(13)4-8(9)14/h3-5,10H,15H2,1-2H3,(H2,16,18)(H,17,19)/t10-/m0/s1. The highest BCUT2D eigenvalue weighted by Crippen LogP contribution is 2.19. The normalized spacial score (nSPS) is 12.3. The first-order valence-electron chi connectivity index (χ1n) is 5.59. The summed E-state index contributed by atoms with van der Waals surface area (Å²) in [5, 5.41) is 2.20. The Labute approximate surface area is 109 Å². The first-order valence-corrected chi connectivity index (χ1v) is 5.59. The van der Waals surface area contributed by atoms with Gasteiger partial charge in [0.2, 0.25) is 5.91 Å². The number of rotatable bonds is 4. The molecule has 0 aliphatic rings. The number of halogens is 2. The van der Waals surface area contributed by atoms with Gasteiger partial charge in [-0.2, -0.15) is 0 Å². The molecule has 0 fully saturated rings. The van der Waals surface area contributed by atoms with Gasteiger partial charge in [0.05, 0.1) is 17.3 Å². The lowest BCUT2D eigenvalue weighted by Crippen LogP contribution is -2.40. The lowest BCUT2D eigenvalue weighted by atomic mass is 10.0. The van der Waals surface area contributed by atoms with Crippen molar-refractivity contribution in [3.63, 3.8) is 0 Å². The van der Waals surface area contributed by atoms with Crippen LogP contribution in [0.15, 0.2) is 12.1 Å². The number of carbonyl (C=O) groups is 2. The van der Waals surface area contributed by atoms with Crippen molar-refractivity contribution in [1.82, 2.24) is 0 Å². The van der Waals surface area contributed by atoms with Crippen molar-refractivity contribution < 1.29 is 18.4 Å². The van der Waals surface area contributed by atoms with Crippen LogP contribution in [0.2, 0.25) is 0 Å². The minimum Gasteiger partial charge on any atom is -0.366 e. The number of nitrogens with one attached hydrogen (secondary N) is 1. The van der Waals surface area contributed by atoms with E-state index in [9.17, 15) is 18.4 Å². The van der Waals surface area contributed by atoms with Crippen molar-refractivity contribution in [2.24, 2.45) is 17.4 Å². The molecule has 19 heavy (non-hydrogen) atoms. The monoisotopic (exact) mass is 271 g/mol. The Morgan fingerprint density at radius 1 is 1.21 bits per heavy atom. The van der Waals surface area contributed by atoms with E-state index in [1.54, 1.807) is 13.8 Å². The van der Waals surface area contributed by atoms with Crippen LogP contribution < -0.4 is 16.8 Å². The van der Waals surface area contributed by atoms with Crippen LogP contribution in [0.4, 0.5) is 14.5 Å². The fourth-order valence-electron chi connectivity index (χ4n) is 1.35. The molecule has 1 aromatic carbocycles. The molecule has 0 radical (unpaired) electrons. The molecule has 1 atom stereocenters. The van der Waals surface area contributed by atoms with E-state index in [0.717, 1.165) is 6.07 Å². The molecule has 1 rings (SSSR count). The molecule has 7 heteroatoms. The molecular weight excluding hydrogens is 256 g/mol. The molecule has 0 unspecified atom stereocenters. The number of nitrogens with two attached hydrogens (primary N) is 2. The molecule has 0 spiro atoms. The highest BCUT2D eigenvalue weighted by molar-refractivity contribution is 5.98. The van der Waals surface area contributed by atoms with Gasteiger partial charge in [0.1, 0.15) is 11.6 Å². The molecule has 0 saturated heterocycles. The van der Waals surface area contributed by atoms with Gasteiger partial charge in [-0.05, 0) is 12.0 Å². The maximum absolute atomic E-state index is 13.5. The fourth-order valence-corrected chi connectivity index (χ4v) is 1.35. The van der Waals surface area contributed by atoms with Gasteiger partial charge >= 0.3 is 0 Å². The molecule has 104 valence electrons. The third-order valence-electron chi connectivity index (χ3n) is 2.60. The van der Waals surface area contributed by atoms with Crippen LogP contribution in [-0.2, 0) is 4.79 Å². The van der Waals surface area contributed by atoms with Gasteiger partial charge in [0, 0.05) is 6.07 Å². The van der Waals surface area contributed by atoms with Crippen LogP contribution in [-0.4, -0.2) is 17.9 Å². The van der Waals surface area contributed by atoms with E-state index in [1.807, 2.05) is 0 Å². The Morgan fingerprint density at radius 3 is 2.26 bits per heavy atom. The number of hydrogen-bond donors (Lipinski definition) is 3. The predicted molar refractivity (Wildman–Crippen MR) is 66.3 cm³/mol. The Hall–Kier alpha value is -2.02. The zero-order valence-corrected chi connectivity index (χ0v) is 10.5. The van der Waals surface area contributed by atoms with E-state index < -0.39 is 35.1 Å². The SMILES string of the molecule is CC(C)[C@H](N)C(=O)Nc1cc(C(N)=O)c(F)cc1F. The Kier molecular flexibility index (Phi) is 4.55. The van der Waals surface area contributed by atoms with Crippen molar-refractivity contribution in [1.29, 1.82) is 0 Å². The molecule has 0 aliphatic carbocycles. The van der Waals surface area contributed by atoms with Gasteiger partial charge in [-0.3, -0.25) is 9.59 Å². The summed E-state index contributed by atoms with van der Waals surface area (Å²) in [5.74, 6) is -3.93. The number of carbonyl (C=O) groups excluding carboxylic acids is 2. The average molecular weight is 271 g/mol. The zero-order valence-electron chi connectivity index (χ0n) is 10.5. The summed E-state index contributed by atoms with van der Waals surface area (Å²) in [4.78, 5) is 22.6. The summed E-state index contributed by atoms with van der Waals surface area (Å²) in [7, 11) is 0. The van der Waals surface area contributed by atoms with Crippen molar-refractivity contribution in [2.45, 2.75) is 19.9 Å². The van der Waals surface area contributed by atoms with Crippen molar-refractivity contribution in [2.75, 3.05) is 5.32 Å². The van der Waals surface area contributed by atoms with Crippen molar-refractivity contribution in [3.8, 4) is 0 Å². The molecule has 5 nitrogen and oxygen atoms in total. The van der Waals surface area contributed by atoms with E-state index in [2.05, 4.69) is 5.32 Å². The Balaban J connectivity index is 3.05. The number of anilines is 1. The summed E-state index contributed by atoms with van der Waals surface area (Å²) >= 11 is 0. The van der Waals surface area contributed by atoms with Crippen LogP contribution in [0.3, 0.4) is 0 Å². The number of amides is 2. The maximum atomic E-state index is 13.5. The highest BCUT2D eigenvalue weighted by atomic mass is 19.1. The van der Waals surface area contributed by atoms with Gasteiger partial charge in [-0.25, -0.2) is 8.78 Å². The van der Waals surface area contributed by atoms with E-state index >= 15 is 0 Å². The van der Waals surface area contributed by atoms with Crippen LogP contribution in [0.25, 0.3) is 0 Å². The van der Waals surface area contributed by atoms with Gasteiger partial charge in [0.25, 0.3) is 5.91 Å². The largest absolute Gasteiger partial charge is 0.366 e. The van der Waals surface area contributed by atoms with Crippen LogP contribution in [0.5, 0.6) is 0 Å². The zero-order chi connectivity index (χ0) is 14.7. The second-order valence-corrected chi connectivity index (χ2v) is 4.44. The molecule has 1 aromatic rings. The fraction of sp³-hybridized carbons (Fsp3) is 0.333. The van der Waals surface area contributed by atoms with Gasteiger partial charge in [-0.1, -0.05) is 13.8 Å².